The normalized spacial score (nSPS) is 27.8. The number of carbonyl (C=O) groups is 2. The van der Waals surface area contributed by atoms with Gasteiger partial charge in [0.2, 0.25) is 5.91 Å². The summed E-state index contributed by atoms with van der Waals surface area (Å²) in [7, 11) is -3.92. The molecule has 10 heteroatoms. The monoisotopic (exact) mass is 385 g/mol. The molecule has 0 bridgehead atoms. The highest BCUT2D eigenvalue weighted by Crippen LogP contribution is 2.41. The van der Waals surface area contributed by atoms with E-state index in [0.29, 0.717) is 12.8 Å². The quantitative estimate of drug-likeness (QED) is 0.724. The number of nitrogens with one attached hydrogen (secondary N) is 1. The Labute approximate surface area is 144 Å². The second-order valence-electron chi connectivity index (χ2n) is 6.76. The van der Waals surface area contributed by atoms with Crippen LogP contribution in [-0.2, 0) is 24.2 Å². The molecular formula is C15H22F3NO5S. The molecule has 0 spiro atoms. The van der Waals surface area contributed by atoms with Gasteiger partial charge in [-0.3, -0.25) is 9.59 Å². The highest BCUT2D eigenvalue weighted by atomic mass is 32.2. The smallest absolute Gasteiger partial charge is 0.393 e. The summed E-state index contributed by atoms with van der Waals surface area (Å²) in [5.74, 6) is -7.23. The molecule has 6 nitrogen and oxygen atoms in total. The van der Waals surface area contributed by atoms with Crippen molar-refractivity contribution in [3.63, 3.8) is 0 Å². The molecule has 0 aromatic carbocycles. The molecule has 1 N–H and O–H groups in total. The molecule has 2 fully saturated rings. The van der Waals surface area contributed by atoms with E-state index in [1.54, 1.807) is 6.92 Å². The number of ether oxygens (including phenoxy) is 1. The molecule has 1 saturated heterocycles. The Hall–Kier alpha value is -1.32. The van der Waals surface area contributed by atoms with Gasteiger partial charge in [-0.1, -0.05) is 12.8 Å². The Kier molecular flexibility index (Phi) is 5.70. The van der Waals surface area contributed by atoms with E-state index >= 15 is 0 Å². The van der Waals surface area contributed by atoms with Gasteiger partial charge in [-0.25, -0.2) is 8.42 Å². The first-order valence-corrected chi connectivity index (χ1v) is 10.0. The van der Waals surface area contributed by atoms with Crippen LogP contribution in [-0.4, -0.2) is 51.1 Å². The highest BCUT2D eigenvalue weighted by Gasteiger charge is 2.55. The van der Waals surface area contributed by atoms with Crippen molar-refractivity contribution in [2.24, 2.45) is 17.3 Å². The molecule has 2 aliphatic rings. The maximum Gasteiger partial charge on any atom is 0.393 e. The lowest BCUT2D eigenvalue weighted by Crippen LogP contribution is -2.46. The minimum Gasteiger partial charge on any atom is -0.466 e. The molecule has 2 unspecified atom stereocenters. The van der Waals surface area contributed by atoms with Crippen LogP contribution < -0.4 is 5.32 Å². The average molecular weight is 385 g/mol. The van der Waals surface area contributed by atoms with Crippen LogP contribution in [0.2, 0.25) is 0 Å². The molecule has 25 heavy (non-hydrogen) atoms. The number of rotatable bonds is 5. The summed E-state index contributed by atoms with van der Waals surface area (Å²) in [5, 5.41) is 2.38. The molecular weight excluding hydrogens is 363 g/mol. The average Bonchev–Trinajstić information content (AvgIpc) is 3.09. The SMILES string of the molecule is CCOC(=O)C1(CNC(=O)C2CS(=O)(=O)CC2C(F)(F)F)CCCC1. The fraction of sp³-hybridized carbons (Fsp3) is 0.867. The Morgan fingerprint density at radius 3 is 2.32 bits per heavy atom. The van der Waals surface area contributed by atoms with Crippen LogP contribution >= 0.6 is 0 Å². The van der Waals surface area contributed by atoms with Gasteiger partial charge in [0.05, 0.1) is 35.4 Å². The van der Waals surface area contributed by atoms with Gasteiger partial charge in [-0.2, -0.15) is 13.2 Å². The van der Waals surface area contributed by atoms with Crippen molar-refractivity contribution in [2.45, 2.75) is 38.8 Å². The summed E-state index contributed by atoms with van der Waals surface area (Å²) < 4.78 is 67.3. The van der Waals surface area contributed by atoms with Crippen molar-refractivity contribution in [2.75, 3.05) is 24.7 Å². The molecule has 1 aliphatic heterocycles. The highest BCUT2D eigenvalue weighted by molar-refractivity contribution is 7.91. The molecule has 2 atom stereocenters. The summed E-state index contributed by atoms with van der Waals surface area (Å²) >= 11 is 0. The first-order chi connectivity index (χ1) is 11.5. The van der Waals surface area contributed by atoms with E-state index in [1.807, 2.05) is 0 Å². The third kappa shape index (κ3) is 4.45. The van der Waals surface area contributed by atoms with Gasteiger partial charge in [-0.05, 0) is 19.8 Å². The second kappa shape index (κ2) is 7.13. The maximum atomic E-state index is 13.0. The summed E-state index contributed by atoms with van der Waals surface area (Å²) in [4.78, 5) is 24.4. The van der Waals surface area contributed by atoms with Gasteiger partial charge < -0.3 is 10.1 Å². The number of carbonyl (C=O) groups excluding carboxylic acids is 2. The minimum absolute atomic E-state index is 0.133. The van der Waals surface area contributed by atoms with E-state index < -0.39 is 56.6 Å². The van der Waals surface area contributed by atoms with E-state index in [0.717, 1.165) is 12.8 Å². The fourth-order valence-electron chi connectivity index (χ4n) is 3.60. The third-order valence-electron chi connectivity index (χ3n) is 4.98. The molecule has 144 valence electrons. The largest absolute Gasteiger partial charge is 0.466 e. The molecule has 1 amide bonds. The van der Waals surface area contributed by atoms with Crippen LogP contribution in [0.3, 0.4) is 0 Å². The van der Waals surface area contributed by atoms with E-state index in [1.165, 1.54) is 0 Å². The van der Waals surface area contributed by atoms with Crippen LogP contribution in [0, 0.1) is 17.3 Å². The molecule has 1 heterocycles. The van der Waals surface area contributed by atoms with Crippen molar-refractivity contribution >= 4 is 21.7 Å². The van der Waals surface area contributed by atoms with Gasteiger partial charge in [0.25, 0.3) is 0 Å². The second-order valence-corrected chi connectivity index (χ2v) is 8.91. The standard InChI is InChI=1S/C15H22F3NO5S/c1-2-24-13(21)14(5-3-4-6-14)9-19-12(20)10-7-25(22,23)8-11(10)15(16,17)18/h10-11H,2-9H2,1H3,(H,19,20). The fourth-order valence-corrected chi connectivity index (χ4v) is 5.64. The molecule has 2 rings (SSSR count). The lowest BCUT2D eigenvalue weighted by molar-refractivity contribution is -0.181. The number of sulfone groups is 1. The summed E-state index contributed by atoms with van der Waals surface area (Å²) in [6.45, 7) is 1.69. The lowest BCUT2D eigenvalue weighted by atomic mass is 9.85. The van der Waals surface area contributed by atoms with E-state index in [2.05, 4.69) is 5.32 Å². The maximum absolute atomic E-state index is 13.0. The molecule has 0 aromatic heterocycles. The zero-order valence-corrected chi connectivity index (χ0v) is 14.7. The number of esters is 1. The first kappa shape index (κ1) is 20.0. The zero-order chi connectivity index (χ0) is 18.9. The van der Waals surface area contributed by atoms with Crippen LogP contribution in [0.15, 0.2) is 0 Å². The minimum atomic E-state index is -4.77. The van der Waals surface area contributed by atoms with Gasteiger partial charge in [-0.15, -0.1) is 0 Å². The van der Waals surface area contributed by atoms with Gasteiger partial charge in [0.1, 0.15) is 0 Å². The van der Waals surface area contributed by atoms with Crippen molar-refractivity contribution in [1.82, 2.24) is 5.32 Å². The number of halogens is 3. The predicted molar refractivity (Wildman–Crippen MR) is 82.2 cm³/mol. The van der Waals surface area contributed by atoms with Gasteiger partial charge >= 0.3 is 12.1 Å². The molecule has 1 aliphatic carbocycles. The van der Waals surface area contributed by atoms with Crippen LogP contribution in [0.25, 0.3) is 0 Å². The number of hydrogen-bond donors (Lipinski definition) is 1. The van der Waals surface area contributed by atoms with Crippen LogP contribution in [0.1, 0.15) is 32.6 Å². The Morgan fingerprint density at radius 2 is 1.80 bits per heavy atom. The van der Waals surface area contributed by atoms with E-state index in [9.17, 15) is 31.2 Å². The topological polar surface area (TPSA) is 89.5 Å². The van der Waals surface area contributed by atoms with E-state index in [-0.39, 0.29) is 13.2 Å². The Balaban J connectivity index is 2.09. The molecule has 0 radical (unpaired) electrons. The summed E-state index contributed by atoms with van der Waals surface area (Å²) in [6, 6.07) is 0. The zero-order valence-electron chi connectivity index (χ0n) is 13.9. The third-order valence-corrected chi connectivity index (χ3v) is 6.71. The lowest BCUT2D eigenvalue weighted by Gasteiger charge is -2.28. The van der Waals surface area contributed by atoms with Crippen LogP contribution in [0.5, 0.6) is 0 Å². The first-order valence-electron chi connectivity index (χ1n) is 8.23. The Bertz CT molecular complexity index is 626. The molecule has 1 saturated carbocycles. The van der Waals surface area contributed by atoms with Crippen LogP contribution in [0.4, 0.5) is 13.2 Å². The molecule has 0 aromatic rings. The number of amides is 1. The van der Waals surface area contributed by atoms with Crippen molar-refractivity contribution in [3.05, 3.63) is 0 Å². The van der Waals surface area contributed by atoms with Gasteiger partial charge in [0, 0.05) is 6.54 Å². The van der Waals surface area contributed by atoms with Gasteiger partial charge in [0.15, 0.2) is 9.84 Å². The van der Waals surface area contributed by atoms with E-state index in [4.69, 9.17) is 4.74 Å². The number of hydrogen-bond acceptors (Lipinski definition) is 5. The van der Waals surface area contributed by atoms with Crippen molar-refractivity contribution in [3.8, 4) is 0 Å². The van der Waals surface area contributed by atoms with Crippen molar-refractivity contribution in [1.29, 1.82) is 0 Å². The number of alkyl halides is 3. The summed E-state index contributed by atoms with van der Waals surface area (Å²) in [5.41, 5.74) is -0.934. The predicted octanol–water partition coefficient (Wildman–Crippen LogP) is 1.45. The summed E-state index contributed by atoms with van der Waals surface area (Å²) in [6.07, 6.45) is -2.28. The van der Waals surface area contributed by atoms with Crippen molar-refractivity contribution < 1.29 is 35.9 Å². The Morgan fingerprint density at radius 1 is 1.20 bits per heavy atom.